The van der Waals surface area contributed by atoms with Crippen molar-refractivity contribution in [1.82, 2.24) is 0 Å². The Labute approximate surface area is 231 Å². The van der Waals surface area contributed by atoms with Gasteiger partial charge in [-0.15, -0.1) is 0 Å². The van der Waals surface area contributed by atoms with Crippen LogP contribution in [0.1, 0.15) is 33.0 Å². The third-order valence-corrected chi connectivity index (χ3v) is 6.49. The van der Waals surface area contributed by atoms with Crippen molar-refractivity contribution in [3.63, 3.8) is 0 Å². The first-order valence-electron chi connectivity index (χ1n) is 12.4. The molecule has 0 aliphatic carbocycles. The highest BCUT2D eigenvalue weighted by Crippen LogP contribution is 2.45. The molecule has 0 saturated carbocycles. The lowest BCUT2D eigenvalue weighted by Crippen LogP contribution is -2.21. The fourth-order valence-electron chi connectivity index (χ4n) is 4.54. The topological polar surface area (TPSA) is 113 Å². The average molecular weight is 535 g/mol. The second-order valence-corrected chi connectivity index (χ2v) is 8.90. The van der Waals surface area contributed by atoms with Crippen molar-refractivity contribution in [3.8, 4) is 34.8 Å². The van der Waals surface area contributed by atoms with E-state index in [2.05, 4.69) is 6.07 Å². The van der Waals surface area contributed by atoms with E-state index in [-0.39, 0.29) is 22.8 Å². The number of ether oxygens (including phenoxy) is 5. The van der Waals surface area contributed by atoms with Gasteiger partial charge in [0.05, 0.1) is 20.1 Å². The predicted molar refractivity (Wildman–Crippen MR) is 147 cm³/mol. The minimum absolute atomic E-state index is 0.0309. The summed E-state index contributed by atoms with van der Waals surface area (Å²) in [6, 6.07) is 29.2. The molecule has 0 spiro atoms. The number of allylic oxidation sites excluding steroid dienone is 1. The molecular formula is C32H26N2O6. The maximum Gasteiger partial charge on any atom is 0.347 e. The van der Waals surface area contributed by atoms with E-state index in [1.807, 2.05) is 42.5 Å². The Bertz CT molecular complexity index is 1620. The Morgan fingerprint density at radius 2 is 1.65 bits per heavy atom. The number of carbonyl (C=O) groups excluding carboxylic acids is 1. The van der Waals surface area contributed by atoms with Crippen molar-refractivity contribution in [2.45, 2.75) is 12.5 Å². The molecule has 40 heavy (non-hydrogen) atoms. The van der Waals surface area contributed by atoms with Crippen LogP contribution in [0.5, 0.6) is 28.7 Å². The number of benzene rings is 4. The molecule has 1 aliphatic heterocycles. The standard InChI is InChI=1S/C32H26N2O6/c1-36-26-11-7-6-10-24(26)32(35)39-22-13-14-23-28(17-22)40-31(34)25(18-33)30(23)21-12-15-27(29(16-21)37-2)38-19-20-8-4-3-5-9-20/h3-17,30H,19,34H2,1-2H3. The molecule has 0 radical (unpaired) electrons. The van der Waals surface area contributed by atoms with Gasteiger partial charge in [-0.2, -0.15) is 5.26 Å². The number of hydrogen-bond acceptors (Lipinski definition) is 8. The molecule has 0 amide bonds. The first kappa shape index (κ1) is 26.2. The summed E-state index contributed by atoms with van der Waals surface area (Å²) in [5, 5.41) is 9.95. The van der Waals surface area contributed by atoms with Gasteiger partial charge in [-0.1, -0.05) is 54.6 Å². The number of nitrogens with two attached hydrogens (primary N) is 1. The Morgan fingerprint density at radius 3 is 2.40 bits per heavy atom. The maximum absolute atomic E-state index is 12.8. The minimum atomic E-state index is -0.582. The Balaban J connectivity index is 1.44. The summed E-state index contributed by atoms with van der Waals surface area (Å²) in [6.45, 7) is 0.378. The van der Waals surface area contributed by atoms with Crippen LogP contribution in [-0.4, -0.2) is 20.2 Å². The number of carbonyl (C=O) groups is 1. The van der Waals surface area contributed by atoms with Gasteiger partial charge in [0.25, 0.3) is 0 Å². The van der Waals surface area contributed by atoms with Crippen molar-refractivity contribution >= 4 is 5.97 Å². The first-order chi connectivity index (χ1) is 19.5. The lowest BCUT2D eigenvalue weighted by molar-refractivity contribution is 0.0731. The SMILES string of the molecule is COc1cc(C2C(C#N)=C(N)Oc3cc(OC(=O)c4ccccc4OC)ccc32)ccc1OCc1ccccc1. The molecule has 4 aromatic rings. The monoisotopic (exact) mass is 534 g/mol. The molecule has 0 saturated heterocycles. The molecule has 4 aromatic carbocycles. The van der Waals surface area contributed by atoms with E-state index < -0.39 is 11.9 Å². The van der Waals surface area contributed by atoms with Gasteiger partial charge in [0, 0.05) is 11.6 Å². The van der Waals surface area contributed by atoms with Crippen LogP contribution < -0.4 is 29.4 Å². The highest BCUT2D eigenvalue weighted by molar-refractivity contribution is 5.94. The minimum Gasteiger partial charge on any atom is -0.496 e. The Hall–Kier alpha value is -5.42. The molecule has 0 fully saturated rings. The number of nitriles is 1. The van der Waals surface area contributed by atoms with Gasteiger partial charge < -0.3 is 29.4 Å². The van der Waals surface area contributed by atoms with E-state index >= 15 is 0 Å². The summed E-state index contributed by atoms with van der Waals surface area (Å²) < 4.78 is 28.3. The molecule has 1 heterocycles. The summed E-state index contributed by atoms with van der Waals surface area (Å²) >= 11 is 0. The van der Waals surface area contributed by atoms with E-state index in [1.165, 1.54) is 7.11 Å². The van der Waals surface area contributed by atoms with E-state index in [0.29, 0.717) is 35.2 Å². The van der Waals surface area contributed by atoms with Gasteiger partial charge in [0.1, 0.15) is 41.1 Å². The van der Waals surface area contributed by atoms with Crippen molar-refractivity contribution in [3.05, 3.63) is 125 Å². The quantitative estimate of drug-likeness (QED) is 0.226. The van der Waals surface area contributed by atoms with Crippen molar-refractivity contribution in [2.75, 3.05) is 14.2 Å². The highest BCUT2D eigenvalue weighted by Gasteiger charge is 2.32. The smallest absolute Gasteiger partial charge is 0.347 e. The fourth-order valence-corrected chi connectivity index (χ4v) is 4.54. The molecule has 8 nitrogen and oxygen atoms in total. The van der Waals surface area contributed by atoms with Gasteiger partial charge in [-0.05, 0) is 41.5 Å². The highest BCUT2D eigenvalue weighted by atomic mass is 16.5. The third kappa shape index (κ3) is 5.26. The second kappa shape index (κ2) is 11.5. The Morgan fingerprint density at radius 1 is 0.900 bits per heavy atom. The van der Waals surface area contributed by atoms with Crippen molar-refractivity contribution < 1.29 is 28.5 Å². The second-order valence-electron chi connectivity index (χ2n) is 8.90. The molecule has 2 N–H and O–H groups in total. The molecule has 8 heteroatoms. The molecular weight excluding hydrogens is 508 g/mol. The average Bonchev–Trinajstić information content (AvgIpc) is 2.99. The summed E-state index contributed by atoms with van der Waals surface area (Å²) in [6.07, 6.45) is 0. The Kier molecular flexibility index (Phi) is 7.56. The van der Waals surface area contributed by atoms with E-state index in [1.54, 1.807) is 55.6 Å². The van der Waals surface area contributed by atoms with Crippen LogP contribution in [0.3, 0.4) is 0 Å². The molecule has 1 atom stereocenters. The number of para-hydroxylation sites is 1. The summed E-state index contributed by atoms with van der Waals surface area (Å²) in [7, 11) is 3.04. The normalized spacial score (nSPS) is 13.9. The van der Waals surface area contributed by atoms with Crippen LogP contribution in [0, 0.1) is 11.3 Å². The summed E-state index contributed by atoms with van der Waals surface area (Å²) in [4.78, 5) is 12.8. The number of esters is 1. The summed E-state index contributed by atoms with van der Waals surface area (Å²) in [5.74, 6) is 0.955. The zero-order valence-corrected chi connectivity index (χ0v) is 21.9. The zero-order valence-electron chi connectivity index (χ0n) is 21.9. The molecule has 0 bridgehead atoms. The summed E-state index contributed by atoms with van der Waals surface area (Å²) in [5.41, 5.74) is 9.19. The molecule has 200 valence electrons. The zero-order chi connectivity index (χ0) is 28.1. The van der Waals surface area contributed by atoms with E-state index in [9.17, 15) is 10.1 Å². The molecule has 1 aliphatic rings. The number of fused-ring (bicyclic) bond motifs is 1. The lowest BCUT2D eigenvalue weighted by Gasteiger charge is -2.27. The lowest BCUT2D eigenvalue weighted by atomic mass is 9.83. The first-order valence-corrected chi connectivity index (χ1v) is 12.4. The fraction of sp³-hybridized carbons (Fsp3) is 0.125. The van der Waals surface area contributed by atoms with Crippen molar-refractivity contribution in [1.29, 1.82) is 5.26 Å². The van der Waals surface area contributed by atoms with Gasteiger partial charge in [-0.3, -0.25) is 0 Å². The number of hydrogen-bond donors (Lipinski definition) is 1. The molecule has 5 rings (SSSR count). The third-order valence-electron chi connectivity index (χ3n) is 6.49. The van der Waals surface area contributed by atoms with Gasteiger partial charge in [0.2, 0.25) is 5.88 Å². The van der Waals surface area contributed by atoms with Crippen LogP contribution in [0.4, 0.5) is 0 Å². The van der Waals surface area contributed by atoms with E-state index in [4.69, 9.17) is 29.4 Å². The maximum atomic E-state index is 12.8. The van der Waals surface area contributed by atoms with Crippen LogP contribution in [-0.2, 0) is 6.61 Å². The van der Waals surface area contributed by atoms with Crippen molar-refractivity contribution in [2.24, 2.45) is 5.73 Å². The van der Waals surface area contributed by atoms with Gasteiger partial charge >= 0.3 is 5.97 Å². The van der Waals surface area contributed by atoms with Gasteiger partial charge in [-0.25, -0.2) is 4.79 Å². The molecule has 0 aromatic heterocycles. The van der Waals surface area contributed by atoms with Crippen LogP contribution >= 0.6 is 0 Å². The number of rotatable bonds is 8. The van der Waals surface area contributed by atoms with Crippen LogP contribution in [0.25, 0.3) is 0 Å². The van der Waals surface area contributed by atoms with Crippen LogP contribution in [0.2, 0.25) is 0 Å². The largest absolute Gasteiger partial charge is 0.496 e. The number of methoxy groups -OCH3 is 2. The predicted octanol–water partition coefficient (Wildman–Crippen LogP) is 5.72. The van der Waals surface area contributed by atoms with Gasteiger partial charge in [0.15, 0.2) is 11.5 Å². The van der Waals surface area contributed by atoms with E-state index in [0.717, 1.165) is 11.1 Å². The van der Waals surface area contributed by atoms with Crippen LogP contribution in [0.15, 0.2) is 102 Å². The molecule has 1 unspecified atom stereocenters. The number of nitrogens with zero attached hydrogens (tertiary/aromatic N) is 1.